The van der Waals surface area contributed by atoms with Gasteiger partial charge in [-0.15, -0.1) is 10.2 Å². The van der Waals surface area contributed by atoms with Crippen molar-refractivity contribution >= 4 is 29.3 Å². The molecule has 0 bridgehead atoms. The molecule has 4 rings (SSSR count). The van der Waals surface area contributed by atoms with Gasteiger partial charge in [0, 0.05) is 24.7 Å². The zero-order chi connectivity index (χ0) is 22.3. The molecule has 0 spiro atoms. The second-order valence-corrected chi connectivity index (χ2v) is 8.84. The summed E-state index contributed by atoms with van der Waals surface area (Å²) in [5, 5.41) is 12.2. The quantitative estimate of drug-likeness (QED) is 0.558. The monoisotopic (exact) mass is 449 g/mol. The fourth-order valence-electron chi connectivity index (χ4n) is 3.79. The summed E-state index contributed by atoms with van der Waals surface area (Å²) in [4.78, 5) is 27.1. The molecule has 1 aliphatic rings. The van der Waals surface area contributed by atoms with Crippen molar-refractivity contribution in [3.63, 3.8) is 0 Å². The molecule has 7 nitrogen and oxygen atoms in total. The zero-order valence-corrected chi connectivity index (χ0v) is 18.9. The Morgan fingerprint density at radius 1 is 1.00 bits per heavy atom. The number of thioether (sulfide) groups is 1. The van der Waals surface area contributed by atoms with E-state index in [4.69, 9.17) is 0 Å². The first-order valence-corrected chi connectivity index (χ1v) is 11.8. The number of para-hydroxylation sites is 1. The van der Waals surface area contributed by atoms with Crippen LogP contribution in [0.4, 0.5) is 5.69 Å². The SMILES string of the molecule is Cc1nnc(SCC(=O)N2CCC(C(=O)Nc3ccccc3)CC2)n1Cc1ccccc1. The minimum absolute atomic E-state index is 0.0298. The summed E-state index contributed by atoms with van der Waals surface area (Å²) in [6, 6.07) is 19.6. The summed E-state index contributed by atoms with van der Waals surface area (Å²) in [7, 11) is 0. The average molecular weight is 450 g/mol. The molecule has 32 heavy (non-hydrogen) atoms. The first kappa shape index (κ1) is 22.1. The minimum Gasteiger partial charge on any atom is -0.342 e. The molecule has 1 fully saturated rings. The van der Waals surface area contributed by atoms with Crippen LogP contribution < -0.4 is 5.32 Å². The van der Waals surface area contributed by atoms with E-state index in [0.717, 1.165) is 16.7 Å². The standard InChI is InChI=1S/C24H27N5O2S/c1-18-26-27-24(29(18)16-19-8-4-2-5-9-19)32-17-22(30)28-14-12-20(13-15-28)23(31)25-21-10-6-3-7-11-21/h2-11,20H,12-17H2,1H3,(H,25,31). The van der Waals surface area contributed by atoms with Gasteiger partial charge in [0.2, 0.25) is 11.8 Å². The number of hydrogen-bond donors (Lipinski definition) is 1. The van der Waals surface area contributed by atoms with Crippen molar-refractivity contribution < 1.29 is 9.59 Å². The summed E-state index contributed by atoms with van der Waals surface area (Å²) >= 11 is 1.42. The Balaban J connectivity index is 1.26. The molecule has 0 aliphatic carbocycles. The molecular weight excluding hydrogens is 422 g/mol. The van der Waals surface area contributed by atoms with Gasteiger partial charge in [0.25, 0.3) is 0 Å². The Hall–Kier alpha value is -3.13. The molecule has 1 aliphatic heterocycles. The molecule has 1 aromatic heterocycles. The number of nitrogens with one attached hydrogen (secondary N) is 1. The number of nitrogens with zero attached hydrogens (tertiary/aromatic N) is 4. The molecule has 0 radical (unpaired) electrons. The van der Waals surface area contributed by atoms with E-state index in [0.29, 0.717) is 38.2 Å². The molecular formula is C24H27N5O2S. The molecule has 1 N–H and O–H groups in total. The molecule has 166 valence electrons. The number of anilines is 1. The first-order valence-electron chi connectivity index (χ1n) is 10.8. The van der Waals surface area contributed by atoms with Gasteiger partial charge in [-0.25, -0.2) is 0 Å². The zero-order valence-electron chi connectivity index (χ0n) is 18.1. The Labute approximate surface area is 192 Å². The number of carbonyl (C=O) groups excluding carboxylic acids is 2. The van der Waals surface area contributed by atoms with Crippen LogP contribution in [-0.2, 0) is 16.1 Å². The highest BCUT2D eigenvalue weighted by Gasteiger charge is 2.27. The molecule has 2 amide bonds. The van der Waals surface area contributed by atoms with E-state index >= 15 is 0 Å². The van der Waals surface area contributed by atoms with E-state index < -0.39 is 0 Å². The maximum absolute atomic E-state index is 12.8. The Bertz CT molecular complexity index is 1050. The summed E-state index contributed by atoms with van der Waals surface area (Å²) in [6.45, 7) is 3.80. The highest BCUT2D eigenvalue weighted by molar-refractivity contribution is 7.99. The number of amides is 2. The van der Waals surface area contributed by atoms with Crippen molar-refractivity contribution in [1.29, 1.82) is 0 Å². The van der Waals surface area contributed by atoms with Crippen LogP contribution in [0.1, 0.15) is 24.2 Å². The van der Waals surface area contributed by atoms with Gasteiger partial charge < -0.3 is 14.8 Å². The van der Waals surface area contributed by atoms with Crippen LogP contribution in [0.3, 0.4) is 0 Å². The van der Waals surface area contributed by atoms with Gasteiger partial charge in [-0.3, -0.25) is 9.59 Å². The Morgan fingerprint density at radius 2 is 1.66 bits per heavy atom. The third-order valence-electron chi connectivity index (χ3n) is 5.67. The van der Waals surface area contributed by atoms with Gasteiger partial charge in [0.05, 0.1) is 12.3 Å². The van der Waals surface area contributed by atoms with E-state index in [1.807, 2.05) is 64.9 Å². The number of carbonyl (C=O) groups is 2. The summed E-state index contributed by atoms with van der Waals surface area (Å²) in [5.74, 6) is 1.18. The van der Waals surface area contributed by atoms with E-state index in [1.165, 1.54) is 17.3 Å². The molecule has 1 saturated heterocycles. The topological polar surface area (TPSA) is 80.1 Å². The van der Waals surface area contributed by atoms with E-state index in [2.05, 4.69) is 27.6 Å². The number of piperidine rings is 1. The molecule has 2 aromatic carbocycles. The maximum atomic E-state index is 12.8. The van der Waals surface area contributed by atoms with Gasteiger partial charge in [0.1, 0.15) is 5.82 Å². The minimum atomic E-state index is -0.0662. The van der Waals surface area contributed by atoms with E-state index in [1.54, 1.807) is 0 Å². The van der Waals surface area contributed by atoms with Crippen molar-refractivity contribution in [2.45, 2.75) is 31.5 Å². The van der Waals surface area contributed by atoms with E-state index in [9.17, 15) is 9.59 Å². The number of likely N-dealkylation sites (tertiary alicyclic amines) is 1. The van der Waals surface area contributed by atoms with Gasteiger partial charge in [-0.05, 0) is 37.5 Å². The second kappa shape index (κ2) is 10.5. The predicted octanol–water partition coefficient (Wildman–Crippen LogP) is 3.60. The fourth-order valence-corrected chi connectivity index (χ4v) is 4.68. The number of hydrogen-bond acceptors (Lipinski definition) is 5. The Morgan fingerprint density at radius 3 is 2.34 bits per heavy atom. The molecule has 8 heteroatoms. The van der Waals surface area contributed by atoms with Crippen LogP contribution >= 0.6 is 11.8 Å². The second-order valence-electron chi connectivity index (χ2n) is 7.90. The summed E-state index contributed by atoms with van der Waals surface area (Å²) in [5.41, 5.74) is 1.97. The summed E-state index contributed by atoms with van der Waals surface area (Å²) in [6.07, 6.45) is 1.36. The molecule has 0 unspecified atom stereocenters. The molecule has 2 heterocycles. The highest BCUT2D eigenvalue weighted by atomic mass is 32.2. The van der Waals surface area contributed by atoms with E-state index in [-0.39, 0.29) is 17.7 Å². The normalized spacial score (nSPS) is 14.3. The van der Waals surface area contributed by atoms with Gasteiger partial charge in [-0.1, -0.05) is 60.3 Å². The van der Waals surface area contributed by atoms with Crippen molar-refractivity contribution in [2.75, 3.05) is 24.2 Å². The molecule has 0 saturated carbocycles. The lowest BCUT2D eigenvalue weighted by Gasteiger charge is -2.31. The Kier molecular flexibility index (Phi) is 7.21. The van der Waals surface area contributed by atoms with Crippen LogP contribution in [0.15, 0.2) is 65.8 Å². The largest absolute Gasteiger partial charge is 0.342 e. The highest BCUT2D eigenvalue weighted by Crippen LogP contribution is 2.23. The lowest BCUT2D eigenvalue weighted by Crippen LogP contribution is -2.42. The third kappa shape index (κ3) is 5.56. The van der Waals surface area contributed by atoms with Crippen LogP contribution in [-0.4, -0.2) is 50.3 Å². The van der Waals surface area contributed by atoms with Crippen LogP contribution in [0, 0.1) is 12.8 Å². The van der Waals surface area contributed by atoms with Crippen molar-refractivity contribution in [3.05, 3.63) is 72.1 Å². The first-order chi connectivity index (χ1) is 15.6. The number of rotatable bonds is 7. The van der Waals surface area contributed by atoms with Crippen LogP contribution in [0.2, 0.25) is 0 Å². The van der Waals surface area contributed by atoms with Crippen molar-refractivity contribution in [1.82, 2.24) is 19.7 Å². The predicted molar refractivity (Wildman–Crippen MR) is 125 cm³/mol. The summed E-state index contributed by atoms with van der Waals surface area (Å²) < 4.78 is 2.04. The van der Waals surface area contributed by atoms with Crippen molar-refractivity contribution in [2.24, 2.45) is 5.92 Å². The molecule has 3 aromatic rings. The van der Waals surface area contributed by atoms with Gasteiger partial charge in [-0.2, -0.15) is 0 Å². The average Bonchev–Trinajstić information content (AvgIpc) is 3.18. The molecule has 0 atom stereocenters. The smallest absolute Gasteiger partial charge is 0.233 e. The number of aromatic nitrogens is 3. The number of aryl methyl sites for hydroxylation is 1. The van der Waals surface area contributed by atoms with Crippen molar-refractivity contribution in [3.8, 4) is 0 Å². The van der Waals surface area contributed by atoms with Crippen LogP contribution in [0.5, 0.6) is 0 Å². The third-order valence-corrected chi connectivity index (χ3v) is 6.62. The van der Waals surface area contributed by atoms with Gasteiger partial charge >= 0.3 is 0 Å². The fraction of sp³-hybridized carbons (Fsp3) is 0.333. The number of benzene rings is 2. The lowest BCUT2D eigenvalue weighted by molar-refractivity contribution is -0.132. The van der Waals surface area contributed by atoms with Gasteiger partial charge in [0.15, 0.2) is 5.16 Å². The lowest BCUT2D eigenvalue weighted by atomic mass is 9.96. The van der Waals surface area contributed by atoms with Crippen LogP contribution in [0.25, 0.3) is 0 Å². The maximum Gasteiger partial charge on any atom is 0.233 e.